The summed E-state index contributed by atoms with van der Waals surface area (Å²) in [6, 6.07) is 15.8. The number of carbonyl (C=O) groups excluding carboxylic acids is 1. The van der Waals surface area contributed by atoms with Gasteiger partial charge in [-0.15, -0.1) is 0 Å². The van der Waals surface area contributed by atoms with Gasteiger partial charge in [-0.25, -0.2) is 13.2 Å². The summed E-state index contributed by atoms with van der Waals surface area (Å²) in [5, 5.41) is 11.7. The largest absolute Gasteiger partial charge is 0.481 e. The Balaban J connectivity index is 1.49. The van der Waals surface area contributed by atoms with E-state index < -0.39 is 39.6 Å². The number of alkyl carbamates (subject to hydrolysis) is 1. The molecule has 0 aromatic heterocycles. The standard InChI is InChI=1S/C21H21NO6S/c23-19(24)11-21(9-10-29(26,27)13-21)22-20(25)28-12-18-16-7-3-1-5-14(16)15-6-2-4-8-17(15)18/h1-8,18H,9-13H2,(H,22,25)(H,23,24)/t21-/m1/s1. The quantitative estimate of drug-likeness (QED) is 0.777. The zero-order valence-electron chi connectivity index (χ0n) is 15.6. The first kappa shape index (κ1) is 19.4. The third-order valence-corrected chi connectivity index (χ3v) is 7.41. The highest BCUT2D eigenvalue weighted by molar-refractivity contribution is 7.91. The number of fused-ring (bicyclic) bond motifs is 3. The molecule has 7 nitrogen and oxygen atoms in total. The van der Waals surface area contributed by atoms with Gasteiger partial charge in [0.2, 0.25) is 0 Å². The highest BCUT2D eigenvalue weighted by Crippen LogP contribution is 2.44. The first-order valence-electron chi connectivity index (χ1n) is 9.34. The molecule has 2 N–H and O–H groups in total. The lowest BCUT2D eigenvalue weighted by atomic mass is 9.95. The fourth-order valence-electron chi connectivity index (χ4n) is 4.34. The topological polar surface area (TPSA) is 110 Å². The highest BCUT2D eigenvalue weighted by atomic mass is 32.2. The Hall–Kier alpha value is -2.87. The van der Waals surface area contributed by atoms with E-state index in [0.29, 0.717) is 0 Å². The van der Waals surface area contributed by atoms with Crippen molar-refractivity contribution in [3.8, 4) is 11.1 Å². The van der Waals surface area contributed by atoms with Gasteiger partial charge in [0.15, 0.2) is 9.84 Å². The van der Waals surface area contributed by atoms with Crippen LogP contribution in [-0.2, 0) is 19.4 Å². The van der Waals surface area contributed by atoms with Crippen molar-refractivity contribution in [3.05, 3.63) is 59.7 Å². The molecule has 1 heterocycles. The van der Waals surface area contributed by atoms with Crippen LogP contribution in [0.3, 0.4) is 0 Å². The summed E-state index contributed by atoms with van der Waals surface area (Å²) in [6.45, 7) is 0.0791. The van der Waals surface area contributed by atoms with E-state index in [0.717, 1.165) is 22.3 Å². The first-order valence-corrected chi connectivity index (χ1v) is 11.2. The summed E-state index contributed by atoms with van der Waals surface area (Å²) in [4.78, 5) is 23.7. The molecule has 2 aliphatic rings. The normalized spacial score (nSPS) is 21.9. The summed E-state index contributed by atoms with van der Waals surface area (Å²) in [5.41, 5.74) is 2.99. The van der Waals surface area contributed by atoms with Crippen LogP contribution in [0.15, 0.2) is 48.5 Å². The minimum Gasteiger partial charge on any atom is -0.481 e. The number of nitrogens with one attached hydrogen (secondary N) is 1. The van der Waals surface area contributed by atoms with E-state index in [1.807, 2.05) is 48.5 Å². The SMILES string of the molecule is O=C(O)C[C@]1(NC(=O)OCC2c3ccccc3-c3ccccc32)CCS(=O)(=O)C1. The molecular formula is C21H21NO6S. The van der Waals surface area contributed by atoms with E-state index in [-0.39, 0.29) is 24.7 Å². The number of carboxylic acids is 1. The van der Waals surface area contributed by atoms with Crippen LogP contribution in [0.5, 0.6) is 0 Å². The number of carbonyl (C=O) groups is 2. The van der Waals surface area contributed by atoms with Crippen LogP contribution in [0.4, 0.5) is 4.79 Å². The van der Waals surface area contributed by atoms with Gasteiger partial charge in [-0.1, -0.05) is 48.5 Å². The molecule has 152 valence electrons. The second-order valence-electron chi connectivity index (χ2n) is 7.64. The van der Waals surface area contributed by atoms with Crippen molar-refractivity contribution in [3.63, 3.8) is 0 Å². The molecule has 0 radical (unpaired) electrons. The predicted molar refractivity (Wildman–Crippen MR) is 106 cm³/mol. The first-order chi connectivity index (χ1) is 13.8. The van der Waals surface area contributed by atoms with E-state index in [4.69, 9.17) is 9.84 Å². The molecule has 1 aliphatic carbocycles. The molecule has 1 saturated heterocycles. The molecule has 2 aromatic carbocycles. The number of benzene rings is 2. The summed E-state index contributed by atoms with van der Waals surface area (Å²) >= 11 is 0. The Morgan fingerprint density at radius 2 is 1.66 bits per heavy atom. The number of ether oxygens (including phenoxy) is 1. The Bertz CT molecular complexity index is 1030. The fraction of sp³-hybridized carbons (Fsp3) is 0.333. The summed E-state index contributed by atoms with van der Waals surface area (Å²) < 4.78 is 29.2. The average Bonchev–Trinajstić information content (AvgIpc) is 3.13. The van der Waals surface area contributed by atoms with Gasteiger partial charge in [0, 0.05) is 5.92 Å². The van der Waals surface area contributed by atoms with Crippen molar-refractivity contribution in [1.29, 1.82) is 0 Å². The molecule has 29 heavy (non-hydrogen) atoms. The monoisotopic (exact) mass is 415 g/mol. The molecule has 8 heteroatoms. The summed E-state index contributed by atoms with van der Waals surface area (Å²) in [6.07, 6.45) is -1.20. The second kappa shape index (κ2) is 7.18. The van der Waals surface area contributed by atoms with Crippen LogP contribution in [-0.4, -0.2) is 49.2 Å². The predicted octanol–water partition coefficient (Wildman–Crippen LogP) is 2.56. The minimum atomic E-state index is -3.39. The van der Waals surface area contributed by atoms with Crippen LogP contribution >= 0.6 is 0 Å². The number of carboxylic acid groups (broad SMARTS) is 1. The third-order valence-electron chi connectivity index (χ3n) is 5.59. The molecule has 1 amide bonds. The van der Waals surface area contributed by atoms with Gasteiger partial charge in [-0.2, -0.15) is 0 Å². The van der Waals surface area contributed by atoms with E-state index in [1.165, 1.54) is 0 Å². The van der Waals surface area contributed by atoms with Gasteiger partial charge in [0.05, 0.1) is 23.5 Å². The van der Waals surface area contributed by atoms with Gasteiger partial charge in [0.1, 0.15) is 6.61 Å². The van der Waals surface area contributed by atoms with Gasteiger partial charge in [-0.05, 0) is 28.7 Å². The van der Waals surface area contributed by atoms with Gasteiger partial charge in [-0.3, -0.25) is 4.79 Å². The maximum Gasteiger partial charge on any atom is 0.407 e. The number of aliphatic carboxylic acids is 1. The Morgan fingerprint density at radius 1 is 1.07 bits per heavy atom. The number of hydrogen-bond acceptors (Lipinski definition) is 5. The Morgan fingerprint density at radius 3 is 2.17 bits per heavy atom. The van der Waals surface area contributed by atoms with E-state index >= 15 is 0 Å². The lowest BCUT2D eigenvalue weighted by Gasteiger charge is -2.27. The highest BCUT2D eigenvalue weighted by Gasteiger charge is 2.45. The molecule has 0 unspecified atom stereocenters. The number of sulfone groups is 1. The summed E-state index contributed by atoms with van der Waals surface area (Å²) in [7, 11) is -3.39. The third kappa shape index (κ3) is 3.85. The Labute approximate surface area is 168 Å². The lowest BCUT2D eigenvalue weighted by Crippen LogP contribution is -2.51. The van der Waals surface area contributed by atoms with Gasteiger partial charge < -0.3 is 15.2 Å². The molecule has 1 atom stereocenters. The van der Waals surface area contributed by atoms with Crippen LogP contribution < -0.4 is 5.32 Å². The Kier molecular flexibility index (Phi) is 4.82. The molecule has 0 bridgehead atoms. The van der Waals surface area contributed by atoms with Crippen molar-refractivity contribution in [1.82, 2.24) is 5.32 Å². The molecule has 1 fully saturated rings. The van der Waals surface area contributed by atoms with Crippen molar-refractivity contribution in [2.45, 2.75) is 24.3 Å². The van der Waals surface area contributed by atoms with Crippen LogP contribution in [0, 0.1) is 0 Å². The van der Waals surface area contributed by atoms with Crippen molar-refractivity contribution < 1.29 is 27.9 Å². The number of rotatable bonds is 5. The molecule has 4 rings (SSSR count). The zero-order valence-corrected chi connectivity index (χ0v) is 16.4. The smallest absolute Gasteiger partial charge is 0.407 e. The molecule has 0 saturated carbocycles. The maximum absolute atomic E-state index is 12.5. The lowest BCUT2D eigenvalue weighted by molar-refractivity contribution is -0.138. The second-order valence-corrected chi connectivity index (χ2v) is 9.83. The van der Waals surface area contributed by atoms with Crippen LogP contribution in [0.2, 0.25) is 0 Å². The summed E-state index contributed by atoms with van der Waals surface area (Å²) in [5.74, 6) is -1.84. The zero-order chi connectivity index (χ0) is 20.6. The van der Waals surface area contributed by atoms with Crippen LogP contribution in [0.1, 0.15) is 29.9 Å². The fourth-order valence-corrected chi connectivity index (χ4v) is 6.35. The minimum absolute atomic E-state index is 0.0613. The van der Waals surface area contributed by atoms with E-state index in [1.54, 1.807) is 0 Å². The van der Waals surface area contributed by atoms with E-state index in [2.05, 4.69) is 5.32 Å². The molecule has 1 aliphatic heterocycles. The van der Waals surface area contributed by atoms with Crippen molar-refractivity contribution >= 4 is 21.9 Å². The molecule has 0 spiro atoms. The molecular weight excluding hydrogens is 394 g/mol. The maximum atomic E-state index is 12.5. The molecule has 2 aromatic rings. The van der Waals surface area contributed by atoms with Gasteiger partial charge in [0.25, 0.3) is 0 Å². The number of hydrogen-bond donors (Lipinski definition) is 2. The van der Waals surface area contributed by atoms with Crippen LogP contribution in [0.25, 0.3) is 11.1 Å². The average molecular weight is 415 g/mol. The van der Waals surface area contributed by atoms with Crippen molar-refractivity contribution in [2.24, 2.45) is 0 Å². The number of amides is 1. The van der Waals surface area contributed by atoms with Gasteiger partial charge >= 0.3 is 12.1 Å². The van der Waals surface area contributed by atoms with Crippen molar-refractivity contribution in [2.75, 3.05) is 18.1 Å². The van der Waals surface area contributed by atoms with E-state index in [9.17, 15) is 18.0 Å².